The molecule has 2 aromatic carbocycles. The number of benzene rings is 2. The minimum absolute atomic E-state index is 0.0396. The maximum absolute atomic E-state index is 12.7. The Kier molecular flexibility index (Phi) is 5.69. The minimum atomic E-state index is -4.45. The van der Waals surface area contributed by atoms with Crippen molar-refractivity contribution in [3.05, 3.63) is 59.2 Å². The Morgan fingerprint density at radius 2 is 1.92 bits per heavy atom. The van der Waals surface area contributed by atoms with E-state index in [-0.39, 0.29) is 24.4 Å². The van der Waals surface area contributed by atoms with Crippen molar-refractivity contribution < 1.29 is 28.1 Å². The van der Waals surface area contributed by atoms with Gasteiger partial charge in [0.05, 0.1) is 18.8 Å². The van der Waals surface area contributed by atoms with E-state index in [1.165, 1.54) is 25.3 Å². The van der Waals surface area contributed by atoms with Crippen LogP contribution in [0.5, 0.6) is 11.5 Å². The van der Waals surface area contributed by atoms with Gasteiger partial charge in [-0.25, -0.2) is 0 Å². The first kappa shape index (κ1) is 18.1. The third-order valence-electron chi connectivity index (χ3n) is 3.54. The molecule has 2 aromatic rings. The van der Waals surface area contributed by atoms with E-state index in [0.29, 0.717) is 11.3 Å². The molecule has 0 aromatic heterocycles. The highest BCUT2D eigenvalue weighted by Crippen LogP contribution is 2.30. The number of hydrogen-bond donors (Lipinski definition) is 3. The van der Waals surface area contributed by atoms with Crippen LogP contribution in [0, 0.1) is 0 Å². The van der Waals surface area contributed by atoms with E-state index in [2.05, 4.69) is 5.32 Å². The highest BCUT2D eigenvalue weighted by Gasteiger charge is 2.30. The van der Waals surface area contributed by atoms with Crippen molar-refractivity contribution in [2.75, 3.05) is 13.7 Å². The molecule has 3 N–H and O–H groups in total. The Morgan fingerprint density at radius 1 is 1.17 bits per heavy atom. The van der Waals surface area contributed by atoms with Crippen LogP contribution >= 0.6 is 0 Å². The van der Waals surface area contributed by atoms with Crippen molar-refractivity contribution in [3.63, 3.8) is 0 Å². The number of hydrogen-bond acceptors (Lipinski definition) is 4. The van der Waals surface area contributed by atoms with Gasteiger partial charge in [-0.15, -0.1) is 0 Å². The van der Waals surface area contributed by atoms with E-state index >= 15 is 0 Å². The molecule has 4 nitrogen and oxygen atoms in total. The van der Waals surface area contributed by atoms with Crippen LogP contribution in [0.15, 0.2) is 42.5 Å². The second-order valence-corrected chi connectivity index (χ2v) is 5.26. The number of rotatable bonds is 6. The summed E-state index contributed by atoms with van der Waals surface area (Å²) in [5.41, 5.74) is -0.0673. The third kappa shape index (κ3) is 4.62. The van der Waals surface area contributed by atoms with Gasteiger partial charge in [0.1, 0.15) is 11.5 Å². The van der Waals surface area contributed by atoms with Crippen LogP contribution in [-0.4, -0.2) is 23.9 Å². The summed E-state index contributed by atoms with van der Waals surface area (Å²) in [5, 5.41) is 22.7. The molecule has 2 rings (SSSR count). The van der Waals surface area contributed by atoms with Crippen molar-refractivity contribution >= 4 is 0 Å². The van der Waals surface area contributed by atoms with Gasteiger partial charge in [0, 0.05) is 18.7 Å². The number of ether oxygens (including phenoxy) is 1. The van der Waals surface area contributed by atoms with E-state index in [0.717, 1.165) is 12.1 Å². The van der Waals surface area contributed by atoms with Gasteiger partial charge in [-0.1, -0.05) is 12.1 Å². The lowest BCUT2D eigenvalue weighted by atomic mass is 10.1. The second-order valence-electron chi connectivity index (χ2n) is 5.26. The van der Waals surface area contributed by atoms with E-state index in [9.17, 15) is 23.4 Å². The first-order chi connectivity index (χ1) is 11.3. The molecule has 0 radical (unpaired) electrons. The Morgan fingerprint density at radius 3 is 2.58 bits per heavy atom. The summed E-state index contributed by atoms with van der Waals surface area (Å²) in [6.45, 7) is 0.275. The first-order valence-electron chi connectivity index (χ1n) is 7.23. The fraction of sp³-hybridized carbons (Fsp3) is 0.294. The van der Waals surface area contributed by atoms with Crippen molar-refractivity contribution in [2.24, 2.45) is 0 Å². The molecule has 0 aliphatic heterocycles. The molecule has 130 valence electrons. The Hall–Kier alpha value is -2.25. The molecule has 7 heteroatoms. The smallest absolute Gasteiger partial charge is 0.416 e. The van der Waals surface area contributed by atoms with Crippen LogP contribution in [-0.2, 0) is 12.7 Å². The average Bonchev–Trinajstić information content (AvgIpc) is 2.55. The number of phenols is 1. The van der Waals surface area contributed by atoms with Crippen molar-refractivity contribution in [1.82, 2.24) is 5.32 Å². The molecular formula is C17H18F3NO3. The van der Waals surface area contributed by atoms with Gasteiger partial charge in [-0.2, -0.15) is 13.2 Å². The summed E-state index contributed by atoms with van der Waals surface area (Å²) in [4.78, 5) is 0. The second kappa shape index (κ2) is 7.55. The molecular weight excluding hydrogens is 323 g/mol. The van der Waals surface area contributed by atoms with Crippen LogP contribution in [0.3, 0.4) is 0 Å². The monoisotopic (exact) mass is 341 g/mol. The van der Waals surface area contributed by atoms with E-state index in [4.69, 9.17) is 4.74 Å². The molecule has 1 atom stereocenters. The number of phenolic OH excluding ortho intramolecular Hbond substituents is 1. The van der Waals surface area contributed by atoms with E-state index in [1.54, 1.807) is 12.1 Å². The fourth-order valence-electron chi connectivity index (χ4n) is 2.21. The predicted octanol–water partition coefficient (Wildman–Crippen LogP) is 3.24. The van der Waals surface area contributed by atoms with Crippen LogP contribution in [0.25, 0.3) is 0 Å². The van der Waals surface area contributed by atoms with Gasteiger partial charge in [0.25, 0.3) is 0 Å². The minimum Gasteiger partial charge on any atom is -0.508 e. The van der Waals surface area contributed by atoms with Gasteiger partial charge >= 0.3 is 6.18 Å². The van der Waals surface area contributed by atoms with Gasteiger partial charge < -0.3 is 20.3 Å². The lowest BCUT2D eigenvalue weighted by Crippen LogP contribution is -2.21. The summed E-state index contributed by atoms with van der Waals surface area (Å²) in [7, 11) is 1.50. The van der Waals surface area contributed by atoms with Crippen LogP contribution < -0.4 is 10.1 Å². The molecule has 0 saturated carbocycles. The molecule has 0 aliphatic rings. The number of methoxy groups -OCH3 is 1. The normalized spacial score (nSPS) is 12.9. The summed E-state index contributed by atoms with van der Waals surface area (Å²) < 4.78 is 43.1. The molecule has 0 saturated heterocycles. The standard InChI is InChI=1S/C17H18F3NO3/c1-24-14-5-6-15(22)12(8-14)9-21-10-16(23)11-3-2-4-13(7-11)17(18,19)20/h2-8,16,21-23H,9-10H2,1H3. The number of halogens is 3. The van der Waals surface area contributed by atoms with Gasteiger partial charge in [0.15, 0.2) is 0 Å². The van der Waals surface area contributed by atoms with E-state index in [1.807, 2.05) is 0 Å². The molecule has 0 fully saturated rings. The number of nitrogens with one attached hydrogen (secondary N) is 1. The lowest BCUT2D eigenvalue weighted by molar-refractivity contribution is -0.137. The largest absolute Gasteiger partial charge is 0.508 e. The average molecular weight is 341 g/mol. The zero-order valence-electron chi connectivity index (χ0n) is 13.0. The van der Waals surface area contributed by atoms with Gasteiger partial charge in [-0.3, -0.25) is 0 Å². The van der Waals surface area contributed by atoms with Crippen molar-refractivity contribution in [1.29, 1.82) is 0 Å². The van der Waals surface area contributed by atoms with Gasteiger partial charge in [0.2, 0.25) is 0 Å². The summed E-state index contributed by atoms with van der Waals surface area (Å²) in [5.74, 6) is 0.639. The first-order valence-corrected chi connectivity index (χ1v) is 7.23. The molecule has 0 spiro atoms. The Labute approximate surface area is 137 Å². The van der Waals surface area contributed by atoms with Crippen molar-refractivity contribution in [3.8, 4) is 11.5 Å². The zero-order chi connectivity index (χ0) is 17.7. The number of aliphatic hydroxyl groups is 1. The fourth-order valence-corrected chi connectivity index (χ4v) is 2.21. The Balaban J connectivity index is 1.98. The summed E-state index contributed by atoms with van der Waals surface area (Å²) in [6, 6.07) is 9.31. The molecule has 0 aliphatic carbocycles. The van der Waals surface area contributed by atoms with Gasteiger partial charge in [-0.05, 0) is 35.9 Å². The van der Waals surface area contributed by atoms with Crippen LogP contribution in [0.4, 0.5) is 13.2 Å². The zero-order valence-corrected chi connectivity index (χ0v) is 13.0. The SMILES string of the molecule is COc1ccc(O)c(CNCC(O)c2cccc(C(F)(F)F)c2)c1. The van der Waals surface area contributed by atoms with E-state index < -0.39 is 17.8 Å². The quantitative estimate of drug-likeness (QED) is 0.755. The maximum atomic E-state index is 12.7. The van der Waals surface area contributed by atoms with Crippen molar-refractivity contribution in [2.45, 2.75) is 18.8 Å². The number of aliphatic hydroxyl groups excluding tert-OH is 1. The molecule has 24 heavy (non-hydrogen) atoms. The summed E-state index contributed by atoms with van der Waals surface area (Å²) >= 11 is 0. The highest BCUT2D eigenvalue weighted by atomic mass is 19.4. The number of aromatic hydroxyl groups is 1. The molecule has 0 amide bonds. The topological polar surface area (TPSA) is 61.7 Å². The molecule has 0 heterocycles. The lowest BCUT2D eigenvalue weighted by Gasteiger charge is -2.15. The highest BCUT2D eigenvalue weighted by molar-refractivity contribution is 5.39. The third-order valence-corrected chi connectivity index (χ3v) is 3.54. The maximum Gasteiger partial charge on any atom is 0.416 e. The number of alkyl halides is 3. The Bertz CT molecular complexity index is 689. The van der Waals surface area contributed by atoms with Crippen LogP contribution in [0.1, 0.15) is 22.8 Å². The molecule has 0 bridgehead atoms. The summed E-state index contributed by atoms with van der Waals surface area (Å²) in [6.07, 6.45) is -5.55. The predicted molar refractivity (Wildman–Crippen MR) is 82.8 cm³/mol. The van der Waals surface area contributed by atoms with Crippen LogP contribution in [0.2, 0.25) is 0 Å². The molecule has 1 unspecified atom stereocenters.